The lowest BCUT2D eigenvalue weighted by atomic mass is 10.1. The van der Waals surface area contributed by atoms with Crippen molar-refractivity contribution in [3.8, 4) is 11.5 Å². The molecular weight excluding hydrogens is 328 g/mol. The van der Waals surface area contributed by atoms with Crippen LogP contribution in [0, 0.1) is 6.92 Å². The van der Waals surface area contributed by atoms with E-state index in [1.165, 1.54) is 11.3 Å². The van der Waals surface area contributed by atoms with Gasteiger partial charge in [0.05, 0.1) is 31.0 Å². The molecule has 24 heavy (non-hydrogen) atoms. The molecule has 1 heterocycles. The highest BCUT2D eigenvalue weighted by atomic mass is 32.1. The second-order valence-electron chi connectivity index (χ2n) is 5.21. The fourth-order valence-electron chi connectivity index (χ4n) is 2.17. The molecule has 6 nitrogen and oxygen atoms in total. The summed E-state index contributed by atoms with van der Waals surface area (Å²) in [5.74, 6) is 1.15. The Morgan fingerprint density at radius 1 is 1.29 bits per heavy atom. The number of methoxy groups -OCH3 is 2. The van der Waals surface area contributed by atoms with Gasteiger partial charge in [0.1, 0.15) is 11.5 Å². The molecule has 0 unspecified atom stereocenters. The maximum absolute atomic E-state index is 12.3. The van der Waals surface area contributed by atoms with Crippen LogP contribution in [-0.4, -0.2) is 38.3 Å². The summed E-state index contributed by atoms with van der Waals surface area (Å²) in [6.45, 7) is 4.70. The molecule has 0 aliphatic heterocycles. The second-order valence-corrected chi connectivity index (χ2v) is 6.07. The van der Waals surface area contributed by atoms with Crippen molar-refractivity contribution >= 4 is 17.2 Å². The minimum atomic E-state index is -0.166. The van der Waals surface area contributed by atoms with Crippen molar-refractivity contribution in [1.29, 1.82) is 0 Å². The second kappa shape index (κ2) is 8.65. The normalized spacial score (nSPS) is 11.8. The highest BCUT2D eigenvalue weighted by Crippen LogP contribution is 2.30. The molecule has 2 aromatic rings. The number of rotatable bonds is 8. The Bertz CT molecular complexity index is 687. The van der Waals surface area contributed by atoms with Crippen molar-refractivity contribution in [2.75, 3.05) is 27.4 Å². The van der Waals surface area contributed by atoms with Crippen LogP contribution in [0.5, 0.6) is 11.5 Å². The summed E-state index contributed by atoms with van der Waals surface area (Å²) >= 11 is 1.34. The van der Waals surface area contributed by atoms with Crippen LogP contribution < -0.4 is 14.8 Å². The molecular formula is C17H22N2O4S. The Morgan fingerprint density at radius 3 is 2.71 bits per heavy atom. The van der Waals surface area contributed by atoms with Gasteiger partial charge in [-0.3, -0.25) is 4.79 Å². The summed E-state index contributed by atoms with van der Waals surface area (Å²) in [6.07, 6.45) is 0. The number of nitrogens with zero attached hydrogens (tertiary/aromatic N) is 1. The van der Waals surface area contributed by atoms with Crippen molar-refractivity contribution in [2.45, 2.75) is 19.9 Å². The number of hydrogen-bond acceptors (Lipinski definition) is 6. The van der Waals surface area contributed by atoms with Gasteiger partial charge in [-0.25, -0.2) is 4.98 Å². The van der Waals surface area contributed by atoms with E-state index >= 15 is 0 Å². The number of aryl methyl sites for hydroxylation is 1. The standard InChI is InChI=1S/C17H22N2O4S/c1-11(19-17(20)16-12(2)18-10-24-16)13-5-6-14(15(9-13)22-4)23-8-7-21-3/h5-6,9-11H,7-8H2,1-4H3,(H,19,20)/t11-/m0/s1. The number of aromatic nitrogens is 1. The zero-order valence-electron chi connectivity index (χ0n) is 14.3. The SMILES string of the molecule is COCCOc1ccc([C@H](C)NC(=O)c2scnc2C)cc1OC. The van der Waals surface area contributed by atoms with E-state index in [1.807, 2.05) is 32.0 Å². The van der Waals surface area contributed by atoms with Crippen LogP contribution in [0.1, 0.15) is 33.9 Å². The number of amides is 1. The number of thiazole rings is 1. The first-order valence-electron chi connectivity index (χ1n) is 7.57. The molecule has 0 saturated carbocycles. The topological polar surface area (TPSA) is 69.7 Å². The summed E-state index contributed by atoms with van der Waals surface area (Å²) in [5.41, 5.74) is 3.34. The quantitative estimate of drug-likeness (QED) is 0.741. The van der Waals surface area contributed by atoms with Crippen molar-refractivity contribution in [3.05, 3.63) is 39.8 Å². The van der Waals surface area contributed by atoms with Crippen LogP contribution in [0.15, 0.2) is 23.7 Å². The van der Waals surface area contributed by atoms with Gasteiger partial charge in [-0.15, -0.1) is 11.3 Å². The predicted molar refractivity (Wildman–Crippen MR) is 93.1 cm³/mol. The van der Waals surface area contributed by atoms with Crippen molar-refractivity contribution in [2.24, 2.45) is 0 Å². The molecule has 1 atom stereocenters. The molecule has 0 fully saturated rings. The molecule has 7 heteroatoms. The Balaban J connectivity index is 2.07. The lowest BCUT2D eigenvalue weighted by Gasteiger charge is -2.17. The Morgan fingerprint density at radius 2 is 2.08 bits per heavy atom. The number of ether oxygens (including phenoxy) is 3. The maximum Gasteiger partial charge on any atom is 0.263 e. The van der Waals surface area contributed by atoms with Gasteiger partial charge >= 0.3 is 0 Å². The third kappa shape index (κ3) is 4.46. The molecule has 0 radical (unpaired) electrons. The fourth-order valence-corrected chi connectivity index (χ4v) is 2.88. The van der Waals surface area contributed by atoms with E-state index in [0.717, 1.165) is 11.3 Å². The van der Waals surface area contributed by atoms with E-state index in [9.17, 15) is 4.79 Å². The minimum Gasteiger partial charge on any atom is -0.493 e. The van der Waals surface area contributed by atoms with E-state index < -0.39 is 0 Å². The van der Waals surface area contributed by atoms with Gasteiger partial charge in [0.15, 0.2) is 11.5 Å². The van der Waals surface area contributed by atoms with E-state index in [2.05, 4.69) is 10.3 Å². The van der Waals surface area contributed by atoms with Gasteiger partial charge in [0.2, 0.25) is 0 Å². The van der Waals surface area contributed by atoms with Crippen LogP contribution >= 0.6 is 11.3 Å². The van der Waals surface area contributed by atoms with Crippen LogP contribution in [0.2, 0.25) is 0 Å². The van der Waals surface area contributed by atoms with Crippen LogP contribution in [0.25, 0.3) is 0 Å². The molecule has 0 aliphatic carbocycles. The average molecular weight is 350 g/mol. The molecule has 1 aromatic carbocycles. The van der Waals surface area contributed by atoms with E-state index in [4.69, 9.17) is 14.2 Å². The number of benzene rings is 1. The van der Waals surface area contributed by atoms with Gasteiger partial charge in [0, 0.05) is 7.11 Å². The summed E-state index contributed by atoms with van der Waals surface area (Å²) < 4.78 is 16.0. The lowest BCUT2D eigenvalue weighted by Crippen LogP contribution is -2.26. The van der Waals surface area contributed by atoms with Gasteiger partial charge in [-0.05, 0) is 31.5 Å². The monoisotopic (exact) mass is 350 g/mol. The largest absolute Gasteiger partial charge is 0.493 e. The Hall–Kier alpha value is -2.12. The molecule has 0 saturated heterocycles. The predicted octanol–water partition coefficient (Wildman–Crippen LogP) is 2.98. The van der Waals surface area contributed by atoms with Gasteiger partial charge in [-0.1, -0.05) is 6.07 Å². The Kier molecular flexibility index (Phi) is 6.57. The molecule has 1 aromatic heterocycles. The highest BCUT2D eigenvalue weighted by Gasteiger charge is 2.16. The van der Waals surface area contributed by atoms with Gasteiger partial charge in [-0.2, -0.15) is 0 Å². The first-order chi connectivity index (χ1) is 11.6. The Labute approximate surface area is 145 Å². The minimum absolute atomic E-state index is 0.123. The van der Waals surface area contributed by atoms with Crippen LogP contribution in [-0.2, 0) is 4.74 Å². The van der Waals surface area contributed by atoms with Crippen molar-refractivity contribution in [3.63, 3.8) is 0 Å². The summed E-state index contributed by atoms with van der Waals surface area (Å²) in [4.78, 5) is 17.0. The first kappa shape index (κ1) is 18.2. The highest BCUT2D eigenvalue weighted by molar-refractivity contribution is 7.11. The zero-order chi connectivity index (χ0) is 17.5. The molecule has 0 bridgehead atoms. The van der Waals surface area contributed by atoms with E-state index in [-0.39, 0.29) is 11.9 Å². The van der Waals surface area contributed by atoms with Crippen molar-refractivity contribution in [1.82, 2.24) is 10.3 Å². The molecule has 0 aliphatic rings. The number of carbonyl (C=O) groups is 1. The van der Waals surface area contributed by atoms with Gasteiger partial charge < -0.3 is 19.5 Å². The third-order valence-corrected chi connectivity index (χ3v) is 4.46. The summed E-state index contributed by atoms with van der Waals surface area (Å²) in [5, 5.41) is 2.98. The summed E-state index contributed by atoms with van der Waals surface area (Å²) in [7, 11) is 3.21. The number of nitrogens with one attached hydrogen (secondary N) is 1. The smallest absolute Gasteiger partial charge is 0.263 e. The van der Waals surface area contributed by atoms with Gasteiger partial charge in [0.25, 0.3) is 5.91 Å². The van der Waals surface area contributed by atoms with E-state index in [0.29, 0.717) is 29.6 Å². The molecule has 0 spiro atoms. The third-order valence-electron chi connectivity index (χ3n) is 3.53. The molecule has 130 valence electrons. The first-order valence-corrected chi connectivity index (χ1v) is 8.45. The average Bonchev–Trinajstić information content (AvgIpc) is 3.01. The zero-order valence-corrected chi connectivity index (χ0v) is 15.1. The van der Waals surface area contributed by atoms with E-state index in [1.54, 1.807) is 19.7 Å². The molecule has 2 rings (SSSR count). The van der Waals surface area contributed by atoms with Crippen LogP contribution in [0.3, 0.4) is 0 Å². The summed E-state index contributed by atoms with van der Waals surface area (Å²) in [6, 6.07) is 5.45. The fraction of sp³-hybridized carbons (Fsp3) is 0.412. The van der Waals surface area contributed by atoms with Crippen molar-refractivity contribution < 1.29 is 19.0 Å². The maximum atomic E-state index is 12.3. The number of hydrogen-bond donors (Lipinski definition) is 1. The molecule has 1 amide bonds. The lowest BCUT2D eigenvalue weighted by molar-refractivity contribution is 0.0943. The number of carbonyl (C=O) groups excluding carboxylic acids is 1. The van der Waals surface area contributed by atoms with Crippen LogP contribution in [0.4, 0.5) is 0 Å². The molecule has 1 N–H and O–H groups in total.